The van der Waals surface area contributed by atoms with Gasteiger partial charge in [0.25, 0.3) is 0 Å². The Bertz CT molecular complexity index is 933. The summed E-state index contributed by atoms with van der Waals surface area (Å²) in [4.78, 5) is 10.3. The van der Waals surface area contributed by atoms with Crippen LogP contribution >= 0.6 is 0 Å². The van der Waals surface area contributed by atoms with Crippen molar-refractivity contribution in [1.82, 2.24) is 0 Å². The van der Waals surface area contributed by atoms with E-state index in [2.05, 4.69) is 101 Å². The molecule has 1 aliphatic rings. The van der Waals surface area contributed by atoms with Gasteiger partial charge in [-0.05, 0) is 16.5 Å². The summed E-state index contributed by atoms with van der Waals surface area (Å²) in [5.41, 5.74) is 3.38. The predicted octanol–water partition coefficient (Wildman–Crippen LogP) is 10.3. The third-order valence-electron chi connectivity index (χ3n) is 6.86. The number of nitrogens with zero attached hydrogens (tertiary/aromatic N) is 2. The molecule has 0 bridgehead atoms. The Morgan fingerprint density at radius 2 is 1.00 bits per heavy atom. The standard InChI is InChI=1S/C24H35N2Si2.C7H7.Zr/c1-20-21(18-27(2,3)25-23-12-8-6-9-13-23)16-17-22(20)19-28(4,5)26-24-14-10-7-11-15-24;1-7-5-3-2-4-6-7;/h6-15,21-22H,16-19H2,1-5H3;2-6H,1H2;/q-3;-1;+4. The van der Waals surface area contributed by atoms with Crippen molar-refractivity contribution < 1.29 is 26.2 Å². The zero-order chi connectivity index (χ0) is 25.3. The molecule has 0 saturated heterocycles. The smallest absolute Gasteiger partial charge is 0.687 e. The van der Waals surface area contributed by atoms with Crippen LogP contribution in [0.2, 0.25) is 38.3 Å². The van der Waals surface area contributed by atoms with Crippen molar-refractivity contribution in [1.29, 1.82) is 0 Å². The second kappa shape index (κ2) is 14.4. The molecule has 2 nitrogen and oxygen atoms in total. The fourth-order valence-corrected chi connectivity index (χ4v) is 10.5. The maximum Gasteiger partial charge on any atom is 4.00 e. The molecular weight excluding hydrogens is 548 g/mol. The molecule has 2 unspecified atom stereocenters. The number of hydrogen-bond donors (Lipinski definition) is 0. The van der Waals surface area contributed by atoms with E-state index in [1.807, 2.05) is 30.3 Å². The monoisotopic (exact) mass is 588 g/mol. The summed E-state index contributed by atoms with van der Waals surface area (Å²) in [5, 5.41) is 0. The largest absolute Gasteiger partial charge is 4.00 e. The molecule has 0 N–H and O–H groups in total. The quantitative estimate of drug-likeness (QED) is 0.185. The fraction of sp³-hybridized carbons (Fsp3) is 0.355. The number of rotatable bonds is 8. The van der Waals surface area contributed by atoms with Crippen LogP contribution in [-0.4, -0.2) is 16.5 Å². The molecule has 0 radical (unpaired) electrons. The second-order valence-electron chi connectivity index (χ2n) is 11.1. The van der Waals surface area contributed by atoms with E-state index in [0.29, 0.717) is 0 Å². The summed E-state index contributed by atoms with van der Waals surface area (Å²) < 4.78 is 0. The molecule has 188 valence electrons. The molecule has 0 heterocycles. The van der Waals surface area contributed by atoms with E-state index in [4.69, 9.17) is 9.96 Å². The second-order valence-corrected chi connectivity index (χ2v) is 19.6. The topological polar surface area (TPSA) is 28.2 Å². The molecule has 36 heavy (non-hydrogen) atoms. The van der Waals surface area contributed by atoms with E-state index in [-0.39, 0.29) is 26.2 Å². The van der Waals surface area contributed by atoms with Crippen LogP contribution < -0.4 is 0 Å². The Hall–Kier alpha value is -1.55. The molecule has 0 aromatic heterocycles. The Balaban J connectivity index is 0.000000492. The first-order valence-corrected chi connectivity index (χ1v) is 19.2. The van der Waals surface area contributed by atoms with E-state index in [1.54, 1.807) is 5.92 Å². The number of benzene rings is 3. The normalized spacial score (nSPS) is 17.9. The van der Waals surface area contributed by atoms with Gasteiger partial charge in [0, 0.05) is 0 Å². The van der Waals surface area contributed by atoms with Gasteiger partial charge in [0.05, 0.1) is 0 Å². The maximum atomic E-state index is 5.16. The van der Waals surface area contributed by atoms with E-state index >= 15 is 0 Å². The van der Waals surface area contributed by atoms with E-state index in [9.17, 15) is 0 Å². The number of hydrogen-bond acceptors (Lipinski definition) is 0. The molecule has 2 atom stereocenters. The first-order chi connectivity index (χ1) is 16.6. The average Bonchev–Trinajstić information content (AvgIpc) is 3.13. The summed E-state index contributed by atoms with van der Waals surface area (Å²) in [6, 6.07) is 33.5. The van der Waals surface area contributed by atoms with Gasteiger partial charge in [-0.1, -0.05) is 118 Å². The van der Waals surface area contributed by atoms with Gasteiger partial charge in [-0.15, -0.1) is 23.5 Å². The molecule has 1 saturated carbocycles. The van der Waals surface area contributed by atoms with Crippen LogP contribution in [0, 0.1) is 24.7 Å². The maximum absolute atomic E-state index is 5.16. The van der Waals surface area contributed by atoms with E-state index in [1.165, 1.54) is 24.9 Å². The van der Waals surface area contributed by atoms with E-state index < -0.39 is 16.5 Å². The zero-order valence-electron chi connectivity index (χ0n) is 22.7. The van der Waals surface area contributed by atoms with Crippen molar-refractivity contribution in [3.05, 3.63) is 119 Å². The summed E-state index contributed by atoms with van der Waals surface area (Å²) >= 11 is 0. The van der Waals surface area contributed by atoms with Crippen LogP contribution in [0.1, 0.15) is 25.3 Å². The molecule has 1 fully saturated rings. The molecule has 0 spiro atoms. The van der Waals surface area contributed by atoms with Gasteiger partial charge in [0.15, 0.2) is 0 Å². The van der Waals surface area contributed by atoms with Crippen LogP contribution in [0.15, 0.2) is 91.0 Å². The SMILES string of the molecule is C[C-]1C(C[Si](C)(C)[N-]c2ccccc2)CCC1C[Si](C)(C)[N-]c1ccccc1.[CH2-]c1ccccc1.[Zr+4]. The molecule has 0 amide bonds. The molecule has 3 aromatic rings. The van der Waals surface area contributed by atoms with Gasteiger partial charge in [0.1, 0.15) is 0 Å². The first-order valence-electron chi connectivity index (χ1n) is 12.9. The van der Waals surface area contributed by atoms with Gasteiger partial charge in [-0.25, -0.2) is 0 Å². The molecule has 3 aromatic carbocycles. The summed E-state index contributed by atoms with van der Waals surface area (Å²) in [6.45, 7) is 15.8. The Kier molecular flexibility index (Phi) is 12.3. The molecule has 1 aliphatic carbocycles. The van der Waals surface area contributed by atoms with Crippen molar-refractivity contribution in [3.63, 3.8) is 0 Å². The molecular formula is C31H42N2Si2Zr. The zero-order valence-corrected chi connectivity index (χ0v) is 27.2. The molecule has 5 heteroatoms. The van der Waals surface area contributed by atoms with Crippen molar-refractivity contribution in [3.8, 4) is 0 Å². The summed E-state index contributed by atoms with van der Waals surface area (Å²) in [7, 11) is -3.22. The van der Waals surface area contributed by atoms with Gasteiger partial charge in [0.2, 0.25) is 0 Å². The molecule has 4 rings (SSSR count). The minimum Gasteiger partial charge on any atom is -0.687 e. The van der Waals surface area contributed by atoms with Gasteiger partial charge in [-0.2, -0.15) is 43.4 Å². The fourth-order valence-electron chi connectivity index (χ4n) is 5.20. The van der Waals surface area contributed by atoms with Crippen molar-refractivity contribution >= 4 is 27.8 Å². The van der Waals surface area contributed by atoms with Crippen LogP contribution in [0.3, 0.4) is 0 Å². The van der Waals surface area contributed by atoms with Crippen molar-refractivity contribution in [2.24, 2.45) is 11.8 Å². The Morgan fingerprint density at radius 1 is 0.667 bits per heavy atom. The van der Waals surface area contributed by atoms with Gasteiger partial charge in [-0.3, -0.25) is 0 Å². The average molecular weight is 590 g/mol. The third-order valence-corrected chi connectivity index (χ3v) is 11.6. The van der Waals surface area contributed by atoms with Crippen LogP contribution in [0.25, 0.3) is 9.96 Å². The molecule has 0 aliphatic heterocycles. The minimum atomic E-state index is -1.61. The third kappa shape index (κ3) is 10.4. The Morgan fingerprint density at radius 3 is 1.31 bits per heavy atom. The minimum absolute atomic E-state index is 0. The van der Waals surface area contributed by atoms with Crippen molar-refractivity contribution in [2.75, 3.05) is 0 Å². The van der Waals surface area contributed by atoms with Crippen LogP contribution in [0.4, 0.5) is 11.4 Å². The summed E-state index contributed by atoms with van der Waals surface area (Å²) in [6.07, 6.45) is 2.68. The summed E-state index contributed by atoms with van der Waals surface area (Å²) in [5.74, 6) is 3.23. The van der Waals surface area contributed by atoms with Crippen LogP contribution in [-0.2, 0) is 26.2 Å². The van der Waals surface area contributed by atoms with Crippen molar-refractivity contribution in [2.45, 2.75) is 58.0 Å². The first kappa shape index (κ1) is 30.7. The van der Waals surface area contributed by atoms with Crippen LogP contribution in [0.5, 0.6) is 0 Å². The van der Waals surface area contributed by atoms with E-state index in [0.717, 1.165) is 28.8 Å². The Labute approximate surface area is 242 Å². The van der Waals surface area contributed by atoms with Gasteiger partial charge < -0.3 is 15.9 Å². The predicted molar refractivity (Wildman–Crippen MR) is 160 cm³/mol. The van der Waals surface area contributed by atoms with Gasteiger partial charge >= 0.3 is 26.2 Å².